The molecule has 1 aromatic heterocycles. The third-order valence-electron chi connectivity index (χ3n) is 3.16. The number of unbranched alkanes of at least 4 members (excludes halogenated alkanes) is 1. The lowest BCUT2D eigenvalue weighted by Crippen LogP contribution is -2.32. The van der Waals surface area contributed by atoms with Crippen molar-refractivity contribution >= 4 is 5.91 Å². The average Bonchev–Trinajstić information content (AvgIpc) is 2.39. The van der Waals surface area contributed by atoms with Crippen molar-refractivity contribution in [3.8, 4) is 0 Å². The van der Waals surface area contributed by atoms with Crippen LogP contribution in [0.3, 0.4) is 0 Å². The number of carbonyl (C=O) groups excluding carboxylic acids is 1. The maximum atomic E-state index is 11.8. The molecule has 1 rings (SSSR count). The fourth-order valence-corrected chi connectivity index (χ4v) is 1.88. The van der Waals surface area contributed by atoms with Gasteiger partial charge in [0.1, 0.15) is 5.56 Å². The summed E-state index contributed by atoms with van der Waals surface area (Å²) >= 11 is 0. The van der Waals surface area contributed by atoms with E-state index in [0.29, 0.717) is 12.5 Å². The van der Waals surface area contributed by atoms with E-state index < -0.39 is 0 Å². The van der Waals surface area contributed by atoms with Crippen LogP contribution in [-0.2, 0) is 0 Å². The van der Waals surface area contributed by atoms with Crippen LogP contribution in [0.1, 0.15) is 49.9 Å². The van der Waals surface area contributed by atoms with Gasteiger partial charge in [0.2, 0.25) is 0 Å². The van der Waals surface area contributed by atoms with E-state index in [1.54, 1.807) is 12.1 Å². The summed E-state index contributed by atoms with van der Waals surface area (Å²) in [5, 5.41) is 2.84. The summed E-state index contributed by atoms with van der Waals surface area (Å²) in [7, 11) is 0. The third kappa shape index (κ3) is 4.35. The van der Waals surface area contributed by atoms with Crippen LogP contribution >= 0.6 is 0 Å². The first kappa shape index (κ1) is 14.5. The van der Waals surface area contributed by atoms with Crippen LogP contribution in [0.15, 0.2) is 23.1 Å². The predicted molar refractivity (Wildman–Crippen MR) is 72.7 cm³/mol. The van der Waals surface area contributed by atoms with Crippen molar-refractivity contribution in [3.05, 3.63) is 34.2 Å². The van der Waals surface area contributed by atoms with Crippen LogP contribution in [0.25, 0.3) is 0 Å². The molecule has 4 nitrogen and oxygen atoms in total. The number of nitrogens with one attached hydrogen (secondary N) is 2. The summed E-state index contributed by atoms with van der Waals surface area (Å²) in [6.07, 6.45) is 6.04. The van der Waals surface area contributed by atoms with Gasteiger partial charge in [0.25, 0.3) is 11.5 Å². The van der Waals surface area contributed by atoms with Gasteiger partial charge in [-0.05, 0) is 24.5 Å². The molecule has 0 spiro atoms. The van der Waals surface area contributed by atoms with E-state index in [4.69, 9.17) is 0 Å². The molecule has 0 fully saturated rings. The molecule has 1 aromatic rings. The number of H-pyrrole nitrogens is 1. The summed E-state index contributed by atoms with van der Waals surface area (Å²) in [5.41, 5.74) is -0.153. The smallest absolute Gasteiger partial charge is 0.260 e. The van der Waals surface area contributed by atoms with Gasteiger partial charge in [0.05, 0.1) is 0 Å². The van der Waals surface area contributed by atoms with Crippen LogP contribution in [0, 0.1) is 5.92 Å². The highest BCUT2D eigenvalue weighted by molar-refractivity contribution is 5.93. The van der Waals surface area contributed by atoms with Crippen molar-refractivity contribution < 1.29 is 4.79 Å². The van der Waals surface area contributed by atoms with Gasteiger partial charge in [-0.3, -0.25) is 9.59 Å². The zero-order valence-corrected chi connectivity index (χ0v) is 11.2. The summed E-state index contributed by atoms with van der Waals surface area (Å²) in [6.45, 7) is 4.93. The quantitative estimate of drug-likeness (QED) is 0.780. The van der Waals surface area contributed by atoms with Crippen molar-refractivity contribution in [2.75, 3.05) is 6.54 Å². The van der Waals surface area contributed by atoms with Crippen molar-refractivity contribution in [2.45, 2.75) is 39.5 Å². The Morgan fingerprint density at radius 2 is 2.22 bits per heavy atom. The Bertz CT molecular complexity index is 426. The maximum absolute atomic E-state index is 11.8. The Morgan fingerprint density at radius 1 is 1.44 bits per heavy atom. The van der Waals surface area contributed by atoms with Crippen LogP contribution < -0.4 is 10.9 Å². The number of hydrogen-bond donors (Lipinski definition) is 2. The van der Waals surface area contributed by atoms with E-state index in [0.717, 1.165) is 12.8 Å². The lowest BCUT2D eigenvalue weighted by molar-refractivity contribution is 0.0944. The third-order valence-corrected chi connectivity index (χ3v) is 3.16. The van der Waals surface area contributed by atoms with Gasteiger partial charge >= 0.3 is 0 Å². The Balaban J connectivity index is 2.50. The largest absolute Gasteiger partial charge is 0.352 e. The van der Waals surface area contributed by atoms with Crippen molar-refractivity contribution in [1.29, 1.82) is 0 Å². The molecule has 0 saturated carbocycles. The number of rotatable bonds is 7. The van der Waals surface area contributed by atoms with Crippen molar-refractivity contribution in [3.63, 3.8) is 0 Å². The molecule has 0 aliphatic carbocycles. The number of pyridine rings is 1. The second-order valence-corrected chi connectivity index (χ2v) is 4.54. The molecule has 4 heteroatoms. The van der Waals surface area contributed by atoms with Gasteiger partial charge in [-0.15, -0.1) is 0 Å². The van der Waals surface area contributed by atoms with Crippen LogP contribution in [0.2, 0.25) is 0 Å². The summed E-state index contributed by atoms with van der Waals surface area (Å²) in [4.78, 5) is 25.8. The minimum Gasteiger partial charge on any atom is -0.352 e. The highest BCUT2D eigenvalue weighted by atomic mass is 16.2. The summed E-state index contributed by atoms with van der Waals surface area (Å²) in [5.74, 6) is 0.212. The van der Waals surface area contributed by atoms with Gasteiger partial charge in [-0.2, -0.15) is 0 Å². The average molecular weight is 250 g/mol. The highest BCUT2D eigenvalue weighted by Gasteiger charge is 2.12. The normalized spacial score (nSPS) is 12.1. The number of hydrogen-bond acceptors (Lipinski definition) is 2. The van der Waals surface area contributed by atoms with Crippen molar-refractivity contribution in [2.24, 2.45) is 5.92 Å². The second-order valence-electron chi connectivity index (χ2n) is 4.54. The fourth-order valence-electron chi connectivity index (χ4n) is 1.88. The standard InChI is InChI=1S/C14H22N2O2/c1-3-5-7-11(4-2)10-16-14(18)12-8-6-9-15-13(12)17/h6,8-9,11H,3-5,7,10H2,1-2H3,(H,15,17)(H,16,18). The fraction of sp³-hybridized carbons (Fsp3) is 0.571. The monoisotopic (exact) mass is 250 g/mol. The van der Waals surface area contributed by atoms with Crippen LogP contribution in [0.5, 0.6) is 0 Å². The maximum Gasteiger partial charge on any atom is 0.260 e. The minimum absolute atomic E-state index is 0.183. The molecule has 18 heavy (non-hydrogen) atoms. The van der Waals surface area contributed by atoms with Gasteiger partial charge < -0.3 is 10.3 Å². The minimum atomic E-state index is -0.336. The molecular weight excluding hydrogens is 228 g/mol. The molecular formula is C14H22N2O2. The molecule has 0 bridgehead atoms. The van der Waals surface area contributed by atoms with Gasteiger partial charge in [-0.1, -0.05) is 33.1 Å². The van der Waals surface area contributed by atoms with E-state index in [1.807, 2.05) is 0 Å². The summed E-state index contributed by atoms with van der Waals surface area (Å²) in [6, 6.07) is 3.20. The van der Waals surface area contributed by atoms with E-state index in [2.05, 4.69) is 24.1 Å². The molecule has 0 saturated heterocycles. The van der Waals surface area contributed by atoms with Gasteiger partial charge in [-0.25, -0.2) is 0 Å². The summed E-state index contributed by atoms with van der Waals surface area (Å²) < 4.78 is 0. The molecule has 100 valence electrons. The second kappa shape index (κ2) is 7.69. The molecule has 0 aliphatic rings. The van der Waals surface area contributed by atoms with Crippen LogP contribution in [-0.4, -0.2) is 17.4 Å². The van der Waals surface area contributed by atoms with E-state index in [1.165, 1.54) is 19.0 Å². The Hall–Kier alpha value is -1.58. The molecule has 0 aromatic carbocycles. The Morgan fingerprint density at radius 3 is 2.83 bits per heavy atom. The molecule has 1 atom stereocenters. The van der Waals surface area contributed by atoms with Gasteiger partial charge in [0, 0.05) is 12.7 Å². The lowest BCUT2D eigenvalue weighted by Gasteiger charge is -2.14. The molecule has 1 unspecified atom stereocenters. The molecule has 2 N–H and O–H groups in total. The molecule has 1 amide bonds. The molecule has 0 radical (unpaired) electrons. The SMILES string of the molecule is CCCCC(CC)CNC(=O)c1ccc[nH]c1=O. The zero-order chi connectivity index (χ0) is 13.4. The van der Waals surface area contributed by atoms with E-state index in [-0.39, 0.29) is 17.0 Å². The van der Waals surface area contributed by atoms with Gasteiger partial charge in [0.15, 0.2) is 0 Å². The first-order chi connectivity index (χ1) is 8.69. The molecule has 1 heterocycles. The van der Waals surface area contributed by atoms with Crippen molar-refractivity contribution in [1.82, 2.24) is 10.3 Å². The van der Waals surface area contributed by atoms with E-state index >= 15 is 0 Å². The first-order valence-corrected chi connectivity index (χ1v) is 6.64. The number of amides is 1. The molecule has 0 aliphatic heterocycles. The number of carbonyl (C=O) groups is 1. The van der Waals surface area contributed by atoms with E-state index in [9.17, 15) is 9.59 Å². The zero-order valence-electron chi connectivity index (χ0n) is 11.2. The number of aromatic nitrogens is 1. The predicted octanol–water partition coefficient (Wildman–Crippen LogP) is 2.32. The topological polar surface area (TPSA) is 62.0 Å². The number of aromatic amines is 1. The first-order valence-electron chi connectivity index (χ1n) is 6.64. The highest BCUT2D eigenvalue weighted by Crippen LogP contribution is 2.11. The Kier molecular flexibility index (Phi) is 6.19. The lowest BCUT2D eigenvalue weighted by atomic mass is 9.99. The Labute approximate surface area is 108 Å². The van der Waals surface area contributed by atoms with Crippen LogP contribution in [0.4, 0.5) is 0 Å².